The topological polar surface area (TPSA) is 173 Å². The molecule has 2 aromatic carbocycles. The van der Waals surface area contributed by atoms with Crippen molar-refractivity contribution < 1.29 is 14.7 Å². The predicted molar refractivity (Wildman–Crippen MR) is 132 cm³/mol. The average Bonchev–Trinajstić information content (AvgIpc) is 2.84. The minimum Gasteiger partial charge on any atom is -0.480 e. The van der Waals surface area contributed by atoms with Crippen LogP contribution in [0.4, 0.5) is 17.5 Å². The first-order valence-corrected chi connectivity index (χ1v) is 10.7. The molecule has 0 aliphatic heterocycles. The number of anilines is 3. The number of nitrogens with one attached hydrogen (secondary N) is 1. The van der Waals surface area contributed by atoms with Crippen LogP contribution in [0.3, 0.4) is 0 Å². The number of nitrogens with zero attached hydrogens (tertiary/aromatic N) is 5. The third-order valence-corrected chi connectivity index (χ3v) is 5.36. The first kappa shape index (κ1) is 23.4. The van der Waals surface area contributed by atoms with Crippen molar-refractivity contribution in [2.75, 3.05) is 23.4 Å². The van der Waals surface area contributed by atoms with Crippen LogP contribution in [-0.4, -0.2) is 50.0 Å². The normalized spacial score (nSPS) is 11.7. The van der Waals surface area contributed by atoms with Gasteiger partial charge >= 0.3 is 5.97 Å². The van der Waals surface area contributed by atoms with Crippen molar-refractivity contribution in [1.82, 2.24) is 25.3 Å². The molecule has 0 saturated carbocycles. The third-order valence-electron chi connectivity index (χ3n) is 5.36. The highest BCUT2D eigenvalue weighted by Gasteiger charge is 2.21. The predicted octanol–water partition coefficient (Wildman–Crippen LogP) is 1.65. The molecule has 0 bridgehead atoms. The molecule has 6 N–H and O–H groups in total. The van der Waals surface area contributed by atoms with E-state index >= 15 is 0 Å². The van der Waals surface area contributed by atoms with Crippen molar-refractivity contribution in [3.05, 3.63) is 77.6 Å². The van der Waals surface area contributed by atoms with Gasteiger partial charge in [0.2, 0.25) is 5.95 Å². The van der Waals surface area contributed by atoms with Crippen LogP contribution >= 0.6 is 0 Å². The average molecular weight is 473 g/mol. The lowest BCUT2D eigenvalue weighted by molar-refractivity contribution is -0.139. The van der Waals surface area contributed by atoms with Crippen molar-refractivity contribution >= 4 is 40.5 Å². The lowest BCUT2D eigenvalue weighted by Gasteiger charge is -2.19. The maximum absolute atomic E-state index is 12.7. The molecule has 11 heteroatoms. The molecule has 4 rings (SSSR count). The monoisotopic (exact) mass is 472 g/mol. The van der Waals surface area contributed by atoms with Gasteiger partial charge in [0.15, 0.2) is 17.0 Å². The van der Waals surface area contributed by atoms with E-state index in [9.17, 15) is 14.7 Å². The quantitative estimate of drug-likeness (QED) is 0.295. The number of hydrogen-bond acceptors (Lipinski definition) is 9. The molecule has 0 radical (unpaired) electrons. The van der Waals surface area contributed by atoms with Crippen LogP contribution in [0.2, 0.25) is 0 Å². The number of nitrogens with two attached hydrogens (primary N) is 2. The Labute approximate surface area is 200 Å². The number of aliphatic carboxylic acids is 1. The van der Waals surface area contributed by atoms with Gasteiger partial charge in [0.25, 0.3) is 5.91 Å². The summed E-state index contributed by atoms with van der Waals surface area (Å²) >= 11 is 0. The molecule has 0 aliphatic rings. The zero-order valence-corrected chi connectivity index (χ0v) is 18.9. The van der Waals surface area contributed by atoms with Crippen molar-refractivity contribution in [3.8, 4) is 0 Å². The summed E-state index contributed by atoms with van der Waals surface area (Å²) in [7, 11) is 1.87. The molecule has 0 unspecified atom stereocenters. The summed E-state index contributed by atoms with van der Waals surface area (Å²) in [5, 5.41) is 12.1. The summed E-state index contributed by atoms with van der Waals surface area (Å²) in [5.74, 6) is -1.36. The van der Waals surface area contributed by atoms with Gasteiger partial charge in [0, 0.05) is 24.7 Å². The van der Waals surface area contributed by atoms with Crippen molar-refractivity contribution in [2.24, 2.45) is 0 Å². The van der Waals surface area contributed by atoms with Gasteiger partial charge in [-0.25, -0.2) is 14.8 Å². The number of carboxylic acids is 1. The Morgan fingerprint density at radius 2 is 1.74 bits per heavy atom. The van der Waals surface area contributed by atoms with E-state index in [0.29, 0.717) is 29.0 Å². The van der Waals surface area contributed by atoms with Gasteiger partial charge in [-0.05, 0) is 29.8 Å². The molecule has 1 atom stereocenters. The SMILES string of the molecule is CN(Cc1cnc2nc(N)nc(N)c2n1)c1ccc(C(=O)N[C@@H](Cc2ccccc2)C(=O)O)cc1. The zero-order chi connectivity index (χ0) is 24.9. The standard InChI is InChI=1S/C24H24N8O3/c1-32(13-16-12-27-21-19(28-16)20(25)30-24(26)31-21)17-9-7-15(8-10-17)22(33)29-18(23(34)35)11-14-5-3-2-4-6-14/h2-10,12,18H,11,13H2,1H3,(H,29,33)(H,34,35)(H4,25,26,27,30,31)/t18-/m0/s1. The van der Waals surface area contributed by atoms with Crippen molar-refractivity contribution in [1.29, 1.82) is 0 Å². The summed E-state index contributed by atoms with van der Waals surface area (Å²) in [6.07, 6.45) is 1.78. The van der Waals surface area contributed by atoms with Crippen LogP contribution < -0.4 is 21.7 Å². The smallest absolute Gasteiger partial charge is 0.326 e. The number of carbonyl (C=O) groups is 2. The molecule has 1 amide bonds. The minimum absolute atomic E-state index is 0.0352. The molecular weight excluding hydrogens is 448 g/mol. The van der Waals surface area contributed by atoms with Gasteiger partial charge in [-0.2, -0.15) is 9.97 Å². The first-order chi connectivity index (χ1) is 16.8. The second kappa shape index (κ2) is 10.00. The fourth-order valence-electron chi connectivity index (χ4n) is 3.55. The van der Waals surface area contributed by atoms with E-state index in [0.717, 1.165) is 11.3 Å². The van der Waals surface area contributed by atoms with E-state index < -0.39 is 17.9 Å². The fraction of sp³-hybridized carbons (Fsp3) is 0.167. The Hall–Kier alpha value is -4.80. The van der Waals surface area contributed by atoms with E-state index in [1.54, 1.807) is 30.5 Å². The Balaban J connectivity index is 1.42. The summed E-state index contributed by atoms with van der Waals surface area (Å²) < 4.78 is 0. The minimum atomic E-state index is -1.09. The van der Waals surface area contributed by atoms with E-state index in [4.69, 9.17) is 11.5 Å². The number of fused-ring (bicyclic) bond motifs is 1. The van der Waals surface area contributed by atoms with E-state index in [-0.39, 0.29) is 18.2 Å². The van der Waals surface area contributed by atoms with E-state index in [2.05, 4.69) is 25.3 Å². The number of hydrogen-bond donors (Lipinski definition) is 4. The number of amides is 1. The Kier molecular flexibility index (Phi) is 6.67. The maximum Gasteiger partial charge on any atom is 0.326 e. The lowest BCUT2D eigenvalue weighted by atomic mass is 10.1. The molecule has 11 nitrogen and oxygen atoms in total. The van der Waals surface area contributed by atoms with Crippen molar-refractivity contribution in [2.45, 2.75) is 19.0 Å². The van der Waals surface area contributed by atoms with E-state index in [1.807, 2.05) is 42.3 Å². The van der Waals surface area contributed by atoms with Gasteiger partial charge in [-0.3, -0.25) is 4.79 Å². The summed E-state index contributed by atoms with van der Waals surface area (Å²) in [4.78, 5) is 42.9. The number of nitrogen functional groups attached to an aromatic ring is 2. The largest absolute Gasteiger partial charge is 0.480 e. The van der Waals surface area contributed by atoms with Gasteiger partial charge in [-0.1, -0.05) is 30.3 Å². The fourth-order valence-corrected chi connectivity index (χ4v) is 3.55. The second-order valence-electron chi connectivity index (χ2n) is 7.96. The molecular formula is C24H24N8O3. The zero-order valence-electron chi connectivity index (χ0n) is 18.9. The summed E-state index contributed by atoms with van der Waals surface area (Å²) in [6.45, 7) is 0.413. The Morgan fingerprint density at radius 3 is 2.43 bits per heavy atom. The second-order valence-corrected chi connectivity index (χ2v) is 7.96. The van der Waals surface area contributed by atoms with Crippen LogP contribution in [0.25, 0.3) is 11.2 Å². The molecule has 4 aromatic rings. The molecule has 0 saturated heterocycles. The maximum atomic E-state index is 12.7. The van der Waals surface area contributed by atoms with Gasteiger partial charge < -0.3 is 26.8 Å². The highest BCUT2D eigenvalue weighted by atomic mass is 16.4. The Bertz CT molecular complexity index is 1360. The molecule has 2 heterocycles. The molecule has 0 spiro atoms. The first-order valence-electron chi connectivity index (χ1n) is 10.7. The summed E-state index contributed by atoms with van der Waals surface area (Å²) in [5.41, 5.74) is 14.8. The van der Waals surface area contributed by atoms with Crippen LogP contribution in [0.5, 0.6) is 0 Å². The number of rotatable bonds is 8. The highest BCUT2D eigenvalue weighted by molar-refractivity contribution is 5.97. The molecule has 35 heavy (non-hydrogen) atoms. The number of carbonyl (C=O) groups excluding carboxylic acids is 1. The number of benzene rings is 2. The molecule has 0 aliphatic carbocycles. The van der Waals surface area contributed by atoms with Crippen LogP contribution in [0.15, 0.2) is 60.8 Å². The van der Waals surface area contributed by atoms with Crippen LogP contribution in [0, 0.1) is 0 Å². The highest BCUT2D eigenvalue weighted by Crippen LogP contribution is 2.19. The van der Waals surface area contributed by atoms with Gasteiger partial charge in [-0.15, -0.1) is 0 Å². The number of carboxylic acid groups (broad SMARTS) is 1. The lowest BCUT2D eigenvalue weighted by Crippen LogP contribution is -2.42. The van der Waals surface area contributed by atoms with Gasteiger partial charge in [0.05, 0.1) is 18.4 Å². The molecule has 2 aromatic heterocycles. The summed E-state index contributed by atoms with van der Waals surface area (Å²) in [6, 6.07) is 14.9. The Morgan fingerprint density at radius 1 is 1.03 bits per heavy atom. The number of aromatic nitrogens is 4. The molecule has 178 valence electrons. The molecule has 0 fully saturated rings. The van der Waals surface area contributed by atoms with Crippen LogP contribution in [-0.2, 0) is 17.8 Å². The van der Waals surface area contributed by atoms with E-state index in [1.165, 1.54) is 0 Å². The van der Waals surface area contributed by atoms with Gasteiger partial charge in [0.1, 0.15) is 6.04 Å². The third kappa shape index (κ3) is 5.58. The van der Waals surface area contributed by atoms with Crippen molar-refractivity contribution in [3.63, 3.8) is 0 Å². The van der Waals surface area contributed by atoms with Crippen LogP contribution in [0.1, 0.15) is 21.6 Å².